The summed E-state index contributed by atoms with van der Waals surface area (Å²) >= 11 is 1.37. The predicted octanol–water partition coefficient (Wildman–Crippen LogP) is 2.99. The van der Waals surface area contributed by atoms with Crippen LogP contribution in [0.15, 0.2) is 35.3 Å². The van der Waals surface area contributed by atoms with Crippen molar-refractivity contribution in [2.24, 2.45) is 4.99 Å². The summed E-state index contributed by atoms with van der Waals surface area (Å²) in [6.45, 7) is 0.192. The monoisotopic (exact) mass is 320 g/mol. The minimum atomic E-state index is -0.916. The third kappa shape index (κ3) is 2.73. The molecule has 1 amide bonds. The van der Waals surface area contributed by atoms with E-state index in [0.717, 1.165) is 31.2 Å². The van der Waals surface area contributed by atoms with Gasteiger partial charge in [0.1, 0.15) is 12.1 Å². The van der Waals surface area contributed by atoms with Crippen LogP contribution in [0.2, 0.25) is 0 Å². The Labute approximate surface area is 134 Å². The van der Waals surface area contributed by atoms with Gasteiger partial charge in [-0.15, -0.1) is 0 Å². The van der Waals surface area contributed by atoms with Crippen molar-refractivity contribution in [3.05, 3.63) is 35.9 Å². The van der Waals surface area contributed by atoms with Crippen LogP contribution < -0.4 is 0 Å². The van der Waals surface area contributed by atoms with Gasteiger partial charge in [-0.05, 0) is 24.7 Å². The molecule has 1 spiro atoms. The second-order valence-electron chi connectivity index (χ2n) is 5.69. The van der Waals surface area contributed by atoms with Crippen molar-refractivity contribution >= 4 is 23.0 Å². The minimum absolute atomic E-state index is 0.192. The zero-order valence-corrected chi connectivity index (χ0v) is 13.4. The fourth-order valence-electron chi connectivity index (χ4n) is 3.12. The lowest BCUT2D eigenvalue weighted by molar-refractivity contribution is 0.00290. The molecule has 1 fully saturated rings. The van der Waals surface area contributed by atoms with Crippen LogP contribution in [0, 0.1) is 0 Å². The molecule has 1 N–H and O–H groups in total. The lowest BCUT2D eigenvalue weighted by atomic mass is 9.97. The molecule has 3 rings (SSSR count). The largest absolute Gasteiger partial charge is 0.444 e. The molecule has 6 heteroatoms. The Morgan fingerprint density at radius 1 is 1.41 bits per heavy atom. The van der Waals surface area contributed by atoms with Gasteiger partial charge in [0.25, 0.3) is 0 Å². The van der Waals surface area contributed by atoms with Crippen molar-refractivity contribution in [3.63, 3.8) is 0 Å². The number of hydrogen-bond donors (Lipinski definition) is 1. The van der Waals surface area contributed by atoms with Crippen molar-refractivity contribution in [3.8, 4) is 0 Å². The average Bonchev–Trinajstić information content (AvgIpc) is 3.13. The number of benzene rings is 1. The Hall–Kier alpha value is -1.53. The topological polar surface area (TPSA) is 62.1 Å². The van der Waals surface area contributed by atoms with Gasteiger partial charge in [-0.25, -0.2) is 9.69 Å². The van der Waals surface area contributed by atoms with E-state index in [1.54, 1.807) is 0 Å². The van der Waals surface area contributed by atoms with E-state index in [0.29, 0.717) is 5.17 Å². The van der Waals surface area contributed by atoms with Gasteiger partial charge < -0.3 is 9.84 Å². The van der Waals surface area contributed by atoms with E-state index in [1.807, 2.05) is 36.6 Å². The zero-order valence-electron chi connectivity index (χ0n) is 12.6. The van der Waals surface area contributed by atoms with Crippen molar-refractivity contribution in [2.75, 3.05) is 6.26 Å². The highest BCUT2D eigenvalue weighted by Crippen LogP contribution is 2.43. The normalized spacial score (nSPS) is 22.9. The number of thioether (sulfide) groups is 1. The Balaban J connectivity index is 1.70. The predicted molar refractivity (Wildman–Crippen MR) is 86.6 cm³/mol. The summed E-state index contributed by atoms with van der Waals surface area (Å²) in [6, 6.07) is 9.51. The van der Waals surface area contributed by atoms with E-state index in [9.17, 15) is 9.90 Å². The lowest BCUT2D eigenvalue weighted by Gasteiger charge is -2.28. The number of carbonyl (C=O) groups excluding carboxylic acids is 1. The number of aliphatic hydroxyl groups is 1. The van der Waals surface area contributed by atoms with Gasteiger partial charge in [0.05, 0.1) is 0 Å². The molecule has 0 bridgehead atoms. The first-order chi connectivity index (χ1) is 10.7. The van der Waals surface area contributed by atoms with Gasteiger partial charge in [-0.1, -0.05) is 54.9 Å². The van der Waals surface area contributed by atoms with Crippen LogP contribution >= 0.6 is 11.8 Å². The summed E-state index contributed by atoms with van der Waals surface area (Å²) in [5.41, 5.74) is 0.396. The van der Waals surface area contributed by atoms with E-state index in [4.69, 9.17) is 4.74 Å². The molecule has 1 aliphatic carbocycles. The first-order valence-corrected chi connectivity index (χ1v) is 8.70. The third-order valence-corrected chi connectivity index (χ3v) is 4.96. The van der Waals surface area contributed by atoms with Gasteiger partial charge in [-0.3, -0.25) is 4.99 Å². The van der Waals surface area contributed by atoms with Crippen LogP contribution in [0.3, 0.4) is 0 Å². The smallest absolute Gasteiger partial charge is 0.418 e. The molecule has 1 unspecified atom stereocenters. The zero-order chi connectivity index (χ0) is 15.6. The number of aliphatic imine (C=N–C) groups is 1. The summed E-state index contributed by atoms with van der Waals surface area (Å²) in [7, 11) is 0. The SMILES string of the molecule is CSC1=NC2(CCCC2)C(O)N1C(=O)OCc1ccccc1. The van der Waals surface area contributed by atoms with Gasteiger partial charge in [0.2, 0.25) is 0 Å². The first kappa shape index (κ1) is 15.4. The van der Waals surface area contributed by atoms with Crippen LogP contribution in [0.5, 0.6) is 0 Å². The second-order valence-corrected chi connectivity index (χ2v) is 6.47. The van der Waals surface area contributed by atoms with E-state index in [1.165, 1.54) is 16.7 Å². The van der Waals surface area contributed by atoms with E-state index >= 15 is 0 Å². The van der Waals surface area contributed by atoms with Crippen molar-refractivity contribution < 1.29 is 14.6 Å². The minimum Gasteiger partial charge on any atom is -0.444 e. The van der Waals surface area contributed by atoms with Gasteiger partial charge in [0, 0.05) is 0 Å². The molecule has 1 aromatic carbocycles. The van der Waals surface area contributed by atoms with Crippen LogP contribution in [0.25, 0.3) is 0 Å². The maximum Gasteiger partial charge on any atom is 0.418 e. The van der Waals surface area contributed by atoms with Crippen LogP contribution in [0.1, 0.15) is 31.2 Å². The van der Waals surface area contributed by atoms with Crippen LogP contribution in [0.4, 0.5) is 4.79 Å². The number of ether oxygens (including phenoxy) is 1. The molecule has 1 aliphatic heterocycles. The quantitative estimate of drug-likeness (QED) is 0.910. The summed E-state index contributed by atoms with van der Waals surface area (Å²) in [6.07, 6.45) is 4.12. The molecule has 0 saturated heterocycles. The van der Waals surface area contributed by atoms with Crippen LogP contribution in [-0.2, 0) is 11.3 Å². The number of aliphatic hydroxyl groups excluding tert-OH is 1. The van der Waals surface area contributed by atoms with Crippen molar-refractivity contribution in [1.29, 1.82) is 0 Å². The number of carbonyl (C=O) groups is 1. The van der Waals surface area contributed by atoms with Gasteiger partial charge in [0.15, 0.2) is 11.4 Å². The summed E-state index contributed by atoms with van der Waals surface area (Å²) in [5.74, 6) is 0. The molecule has 0 radical (unpaired) electrons. The molecule has 1 saturated carbocycles. The molecule has 1 aromatic rings. The summed E-state index contributed by atoms with van der Waals surface area (Å²) in [5, 5.41) is 11.2. The summed E-state index contributed by atoms with van der Waals surface area (Å²) in [4.78, 5) is 18.3. The molecule has 2 aliphatic rings. The number of nitrogens with zero attached hydrogens (tertiary/aromatic N) is 2. The van der Waals surface area contributed by atoms with Crippen molar-refractivity contribution in [1.82, 2.24) is 4.90 Å². The average molecular weight is 320 g/mol. The fraction of sp³-hybridized carbons (Fsp3) is 0.500. The lowest BCUT2D eigenvalue weighted by Crippen LogP contribution is -2.48. The van der Waals surface area contributed by atoms with Crippen molar-refractivity contribution in [2.45, 2.75) is 44.1 Å². The number of amides is 1. The molecule has 5 nitrogen and oxygen atoms in total. The number of amidine groups is 1. The molecule has 0 aromatic heterocycles. The Morgan fingerprint density at radius 2 is 2.09 bits per heavy atom. The fourth-order valence-corrected chi connectivity index (χ4v) is 3.76. The molecule has 22 heavy (non-hydrogen) atoms. The number of hydrogen-bond acceptors (Lipinski definition) is 5. The third-order valence-electron chi connectivity index (χ3n) is 4.30. The maximum absolute atomic E-state index is 12.4. The highest BCUT2D eigenvalue weighted by molar-refractivity contribution is 8.13. The number of rotatable bonds is 2. The summed E-state index contributed by atoms with van der Waals surface area (Å²) < 4.78 is 5.35. The maximum atomic E-state index is 12.4. The standard InChI is InChI=1S/C16H20N2O3S/c1-22-14-17-16(9-5-6-10-16)13(19)18(14)15(20)21-11-12-7-3-2-4-8-12/h2-4,7-8,13,19H,5-6,9-11H2,1H3. The van der Waals surface area contributed by atoms with Gasteiger partial charge >= 0.3 is 6.09 Å². The molecule has 118 valence electrons. The van der Waals surface area contributed by atoms with E-state index in [-0.39, 0.29) is 6.61 Å². The van der Waals surface area contributed by atoms with E-state index in [2.05, 4.69) is 4.99 Å². The van der Waals surface area contributed by atoms with Gasteiger partial charge in [-0.2, -0.15) is 0 Å². The highest BCUT2D eigenvalue weighted by Gasteiger charge is 2.52. The molecule has 1 atom stereocenters. The highest BCUT2D eigenvalue weighted by atomic mass is 32.2. The van der Waals surface area contributed by atoms with Crippen LogP contribution in [-0.4, -0.2) is 39.3 Å². The van der Waals surface area contributed by atoms with E-state index < -0.39 is 17.9 Å². The second kappa shape index (κ2) is 6.30. The molecular weight excluding hydrogens is 300 g/mol. The first-order valence-electron chi connectivity index (χ1n) is 7.48. The Kier molecular flexibility index (Phi) is 4.40. The molecular formula is C16H20N2O3S. The molecule has 1 heterocycles. The Bertz CT molecular complexity index is 570. The Morgan fingerprint density at radius 3 is 2.73 bits per heavy atom.